The van der Waals surface area contributed by atoms with Crippen molar-refractivity contribution < 1.29 is 4.79 Å². The Morgan fingerprint density at radius 2 is 1.96 bits per heavy atom. The van der Waals surface area contributed by atoms with Crippen LogP contribution in [0.2, 0.25) is 0 Å². The zero-order valence-electron chi connectivity index (χ0n) is 13.9. The van der Waals surface area contributed by atoms with E-state index in [9.17, 15) is 4.79 Å². The first-order valence-corrected chi connectivity index (χ1v) is 9.75. The van der Waals surface area contributed by atoms with Gasteiger partial charge < -0.3 is 5.32 Å². The van der Waals surface area contributed by atoms with Crippen molar-refractivity contribution in [1.29, 1.82) is 0 Å². The normalized spacial score (nSPS) is 10.7. The molecule has 0 spiro atoms. The summed E-state index contributed by atoms with van der Waals surface area (Å²) < 4.78 is 3.05. The summed E-state index contributed by atoms with van der Waals surface area (Å²) in [6.45, 7) is 4.12. The van der Waals surface area contributed by atoms with Gasteiger partial charge in [-0.2, -0.15) is 0 Å². The zero-order chi connectivity index (χ0) is 17.8. The van der Waals surface area contributed by atoms with Crippen LogP contribution in [-0.4, -0.2) is 26.4 Å². The second kappa shape index (κ2) is 8.01. The Morgan fingerprint density at radius 1 is 1.20 bits per heavy atom. The third-order valence-corrected chi connectivity index (χ3v) is 5.25. The monoisotopic (exact) mass is 464 g/mol. The minimum absolute atomic E-state index is 0.0682. The van der Waals surface area contributed by atoms with Gasteiger partial charge in [0.25, 0.3) is 0 Å². The van der Waals surface area contributed by atoms with Gasteiger partial charge in [0.2, 0.25) is 5.91 Å². The molecule has 5 nitrogen and oxygen atoms in total. The number of halogens is 1. The lowest BCUT2D eigenvalue weighted by Gasteiger charge is -2.10. The molecule has 0 aliphatic carbocycles. The lowest BCUT2D eigenvalue weighted by molar-refractivity contribution is -0.113. The molecule has 2 aromatic carbocycles. The van der Waals surface area contributed by atoms with Crippen LogP contribution in [0, 0.1) is 17.4 Å². The molecule has 1 heterocycles. The Balaban J connectivity index is 1.67. The molecule has 25 heavy (non-hydrogen) atoms. The van der Waals surface area contributed by atoms with E-state index in [2.05, 4.69) is 64.1 Å². The van der Waals surface area contributed by atoms with E-state index in [1.54, 1.807) is 6.33 Å². The minimum Gasteiger partial charge on any atom is -0.325 e. The van der Waals surface area contributed by atoms with E-state index in [0.29, 0.717) is 5.16 Å². The predicted molar refractivity (Wildman–Crippen MR) is 109 cm³/mol. The van der Waals surface area contributed by atoms with Crippen LogP contribution in [-0.2, 0) is 4.79 Å². The molecular weight excluding hydrogens is 447 g/mol. The van der Waals surface area contributed by atoms with Crippen LogP contribution in [0.15, 0.2) is 53.9 Å². The number of aryl methyl sites for hydroxylation is 2. The maximum atomic E-state index is 12.2. The van der Waals surface area contributed by atoms with Gasteiger partial charge in [-0.15, -0.1) is 10.2 Å². The van der Waals surface area contributed by atoms with Crippen LogP contribution < -0.4 is 5.32 Å². The highest BCUT2D eigenvalue weighted by atomic mass is 127. The van der Waals surface area contributed by atoms with Gasteiger partial charge in [-0.3, -0.25) is 9.36 Å². The molecule has 0 saturated heterocycles. The van der Waals surface area contributed by atoms with Crippen LogP contribution in [0.1, 0.15) is 11.1 Å². The van der Waals surface area contributed by atoms with Gasteiger partial charge in [0.15, 0.2) is 5.16 Å². The molecule has 1 N–H and O–H groups in total. The topological polar surface area (TPSA) is 59.8 Å². The fourth-order valence-corrected chi connectivity index (χ4v) is 3.51. The van der Waals surface area contributed by atoms with Crippen molar-refractivity contribution in [2.75, 3.05) is 11.1 Å². The number of hydrogen-bond donors (Lipinski definition) is 1. The smallest absolute Gasteiger partial charge is 0.234 e. The SMILES string of the molecule is Cc1ccc(-n2cnnc2SCC(=O)Nc2ccc(I)cc2)c(C)c1. The van der Waals surface area contributed by atoms with Crippen LogP contribution in [0.3, 0.4) is 0 Å². The van der Waals surface area contributed by atoms with Gasteiger partial charge in [-0.1, -0.05) is 29.5 Å². The first kappa shape index (κ1) is 17.9. The maximum absolute atomic E-state index is 12.2. The first-order valence-electron chi connectivity index (χ1n) is 7.69. The summed E-state index contributed by atoms with van der Waals surface area (Å²) in [7, 11) is 0. The molecule has 0 unspecified atom stereocenters. The molecule has 1 aromatic heterocycles. The summed E-state index contributed by atoms with van der Waals surface area (Å²) in [6.07, 6.45) is 1.68. The van der Waals surface area contributed by atoms with Crippen molar-refractivity contribution in [2.24, 2.45) is 0 Å². The number of carbonyl (C=O) groups is 1. The largest absolute Gasteiger partial charge is 0.325 e. The zero-order valence-corrected chi connectivity index (χ0v) is 16.8. The summed E-state index contributed by atoms with van der Waals surface area (Å²) in [5.74, 6) is 0.205. The highest BCUT2D eigenvalue weighted by Crippen LogP contribution is 2.23. The van der Waals surface area contributed by atoms with E-state index in [4.69, 9.17) is 0 Å². The van der Waals surface area contributed by atoms with E-state index in [-0.39, 0.29) is 11.7 Å². The molecule has 0 aliphatic rings. The number of anilines is 1. The number of aromatic nitrogens is 3. The van der Waals surface area contributed by atoms with Crippen molar-refractivity contribution in [1.82, 2.24) is 14.8 Å². The number of amides is 1. The highest BCUT2D eigenvalue weighted by molar-refractivity contribution is 14.1. The number of rotatable bonds is 5. The molecule has 3 aromatic rings. The molecule has 0 radical (unpaired) electrons. The summed E-state index contributed by atoms with van der Waals surface area (Å²) in [4.78, 5) is 12.2. The molecule has 0 saturated carbocycles. The van der Waals surface area contributed by atoms with E-state index in [1.807, 2.05) is 34.9 Å². The van der Waals surface area contributed by atoms with Crippen LogP contribution in [0.4, 0.5) is 5.69 Å². The van der Waals surface area contributed by atoms with Crippen molar-refractivity contribution >= 4 is 45.9 Å². The van der Waals surface area contributed by atoms with Crippen LogP contribution in [0.5, 0.6) is 0 Å². The summed E-state index contributed by atoms with van der Waals surface area (Å²) in [5, 5.41) is 11.7. The Labute approximate surface area is 164 Å². The molecule has 0 fully saturated rings. The van der Waals surface area contributed by atoms with Crippen molar-refractivity contribution in [3.8, 4) is 5.69 Å². The Hall–Kier alpha value is -1.87. The number of hydrogen-bond acceptors (Lipinski definition) is 4. The van der Waals surface area contributed by atoms with Crippen LogP contribution >= 0.6 is 34.4 Å². The standard InChI is InChI=1S/C18H17IN4OS/c1-12-3-8-16(13(2)9-12)23-11-20-22-18(23)25-10-17(24)21-15-6-4-14(19)5-7-15/h3-9,11H,10H2,1-2H3,(H,21,24). The second-order valence-corrected chi connectivity index (χ2v) is 7.81. The second-order valence-electron chi connectivity index (χ2n) is 5.62. The van der Waals surface area contributed by atoms with Gasteiger partial charge in [-0.05, 0) is 72.3 Å². The Morgan fingerprint density at radius 3 is 2.68 bits per heavy atom. The highest BCUT2D eigenvalue weighted by Gasteiger charge is 2.12. The minimum atomic E-state index is -0.0682. The molecule has 1 amide bonds. The summed E-state index contributed by atoms with van der Waals surface area (Å²) in [6, 6.07) is 13.9. The number of nitrogens with one attached hydrogen (secondary N) is 1. The van der Waals surface area contributed by atoms with Crippen molar-refractivity contribution in [3.05, 3.63) is 63.5 Å². The number of nitrogens with zero attached hydrogens (tertiary/aromatic N) is 3. The maximum Gasteiger partial charge on any atom is 0.234 e. The fraction of sp³-hybridized carbons (Fsp3) is 0.167. The number of benzene rings is 2. The molecule has 128 valence electrons. The average Bonchev–Trinajstić information content (AvgIpc) is 3.03. The fourth-order valence-electron chi connectivity index (χ4n) is 2.42. The molecule has 7 heteroatoms. The lowest BCUT2D eigenvalue weighted by Crippen LogP contribution is -2.14. The van der Waals surface area contributed by atoms with Gasteiger partial charge >= 0.3 is 0 Å². The first-order chi connectivity index (χ1) is 12.0. The van der Waals surface area contributed by atoms with Gasteiger partial charge in [0.05, 0.1) is 11.4 Å². The molecule has 0 aliphatic heterocycles. The molecule has 0 atom stereocenters. The predicted octanol–water partition coefficient (Wildman–Crippen LogP) is 4.22. The van der Waals surface area contributed by atoms with E-state index < -0.39 is 0 Å². The van der Waals surface area contributed by atoms with Crippen molar-refractivity contribution in [2.45, 2.75) is 19.0 Å². The van der Waals surface area contributed by atoms with Crippen molar-refractivity contribution in [3.63, 3.8) is 0 Å². The summed E-state index contributed by atoms with van der Waals surface area (Å²) >= 11 is 3.60. The molecule has 3 rings (SSSR count). The van der Waals surface area contributed by atoms with Gasteiger partial charge in [-0.25, -0.2) is 0 Å². The Bertz CT molecular complexity index is 892. The quantitative estimate of drug-likeness (QED) is 0.454. The number of thioether (sulfide) groups is 1. The lowest BCUT2D eigenvalue weighted by atomic mass is 10.1. The molecular formula is C18H17IN4OS. The Kier molecular flexibility index (Phi) is 5.74. The average molecular weight is 464 g/mol. The van der Waals surface area contributed by atoms with E-state index in [0.717, 1.165) is 20.5 Å². The van der Waals surface area contributed by atoms with E-state index >= 15 is 0 Å². The van der Waals surface area contributed by atoms with Crippen LogP contribution in [0.25, 0.3) is 5.69 Å². The van der Waals surface area contributed by atoms with Gasteiger partial charge in [0, 0.05) is 9.26 Å². The third kappa shape index (κ3) is 4.60. The van der Waals surface area contributed by atoms with Gasteiger partial charge in [0.1, 0.15) is 6.33 Å². The van der Waals surface area contributed by atoms with E-state index in [1.165, 1.54) is 17.3 Å². The number of carbonyl (C=O) groups excluding carboxylic acids is 1. The third-order valence-electron chi connectivity index (χ3n) is 3.59. The molecule has 0 bridgehead atoms. The summed E-state index contributed by atoms with van der Waals surface area (Å²) in [5.41, 5.74) is 4.17.